The standard InChI is InChI=1S/C26H19N3O3S2/c30-23(28-13-5-7-16-6-1-4-10-21(16)28)15-33-26-27-20-12-11-17(14-22(20)34-26)29-24(31)18-8-2-3-9-19(18)25(29)32/h1-4,6,8-12,14H,5,7,13,15H2. The molecule has 0 atom stereocenters. The van der Waals surface area contributed by atoms with Crippen molar-refractivity contribution in [2.75, 3.05) is 22.1 Å². The van der Waals surface area contributed by atoms with Gasteiger partial charge in [-0.2, -0.15) is 0 Å². The molecule has 0 N–H and O–H groups in total. The molecule has 0 saturated carbocycles. The van der Waals surface area contributed by atoms with Gasteiger partial charge in [0.15, 0.2) is 4.34 Å². The van der Waals surface area contributed by atoms with E-state index in [-0.39, 0.29) is 17.7 Å². The van der Waals surface area contributed by atoms with E-state index >= 15 is 0 Å². The lowest BCUT2D eigenvalue weighted by Crippen LogP contribution is -2.36. The highest BCUT2D eigenvalue weighted by Crippen LogP contribution is 2.35. The smallest absolute Gasteiger partial charge is 0.266 e. The van der Waals surface area contributed by atoms with Gasteiger partial charge in [0.25, 0.3) is 11.8 Å². The number of imide groups is 1. The van der Waals surface area contributed by atoms with Crippen LogP contribution in [0.15, 0.2) is 71.1 Å². The van der Waals surface area contributed by atoms with Crippen LogP contribution in [-0.2, 0) is 11.2 Å². The number of carbonyl (C=O) groups excluding carboxylic acids is 3. The fourth-order valence-corrected chi connectivity index (χ4v) is 6.49. The molecule has 2 aliphatic rings. The number of nitrogens with zero attached hydrogens (tertiary/aromatic N) is 3. The van der Waals surface area contributed by atoms with Crippen molar-refractivity contribution in [3.8, 4) is 0 Å². The van der Waals surface area contributed by atoms with Gasteiger partial charge in [0.2, 0.25) is 5.91 Å². The SMILES string of the molecule is O=C(CSc1nc2ccc(N3C(=O)c4ccccc4C3=O)cc2s1)N1CCCc2ccccc21. The summed E-state index contributed by atoms with van der Waals surface area (Å²) in [6.45, 7) is 0.736. The molecular formula is C26H19N3O3S2. The van der Waals surface area contributed by atoms with Gasteiger partial charge in [-0.15, -0.1) is 11.3 Å². The van der Waals surface area contributed by atoms with Crippen molar-refractivity contribution in [1.82, 2.24) is 4.98 Å². The minimum absolute atomic E-state index is 0.0723. The molecule has 2 aliphatic heterocycles. The molecule has 3 heterocycles. The molecule has 4 aromatic rings. The Morgan fingerprint density at radius 1 is 0.971 bits per heavy atom. The fraction of sp³-hybridized carbons (Fsp3) is 0.154. The quantitative estimate of drug-likeness (QED) is 0.295. The summed E-state index contributed by atoms with van der Waals surface area (Å²) in [6, 6.07) is 20.3. The number of hydrogen-bond donors (Lipinski definition) is 0. The highest BCUT2D eigenvalue weighted by Gasteiger charge is 2.36. The molecule has 6 rings (SSSR count). The maximum absolute atomic E-state index is 13.0. The second-order valence-corrected chi connectivity index (χ2v) is 10.4. The number of carbonyl (C=O) groups is 3. The van der Waals surface area contributed by atoms with Crippen molar-refractivity contribution in [3.05, 3.63) is 83.4 Å². The number of benzene rings is 3. The summed E-state index contributed by atoms with van der Waals surface area (Å²) in [5.41, 5.74) is 4.38. The molecule has 0 fully saturated rings. The summed E-state index contributed by atoms with van der Waals surface area (Å²) >= 11 is 2.88. The maximum Gasteiger partial charge on any atom is 0.266 e. The molecule has 1 aromatic heterocycles. The highest BCUT2D eigenvalue weighted by atomic mass is 32.2. The predicted octanol–water partition coefficient (Wildman–Crippen LogP) is 5.17. The van der Waals surface area contributed by atoms with Crippen molar-refractivity contribution >= 4 is 62.4 Å². The molecule has 0 bridgehead atoms. The zero-order valence-electron chi connectivity index (χ0n) is 18.1. The Labute approximate surface area is 204 Å². The predicted molar refractivity (Wildman–Crippen MR) is 135 cm³/mol. The van der Waals surface area contributed by atoms with Crippen molar-refractivity contribution in [2.45, 2.75) is 17.2 Å². The van der Waals surface area contributed by atoms with Crippen LogP contribution in [0.4, 0.5) is 11.4 Å². The molecule has 8 heteroatoms. The summed E-state index contributed by atoms with van der Waals surface area (Å²) in [7, 11) is 0. The maximum atomic E-state index is 13.0. The minimum atomic E-state index is -0.313. The number of aryl methyl sites for hydroxylation is 1. The summed E-state index contributed by atoms with van der Waals surface area (Å²) in [5.74, 6) is -0.250. The van der Waals surface area contributed by atoms with Crippen LogP contribution >= 0.6 is 23.1 Å². The third kappa shape index (κ3) is 3.50. The Hall–Kier alpha value is -3.49. The largest absolute Gasteiger partial charge is 0.311 e. The Morgan fingerprint density at radius 3 is 2.50 bits per heavy atom. The first kappa shape index (κ1) is 21.1. The van der Waals surface area contributed by atoms with E-state index in [2.05, 4.69) is 11.1 Å². The molecule has 3 amide bonds. The van der Waals surface area contributed by atoms with Gasteiger partial charge in [-0.1, -0.05) is 42.1 Å². The van der Waals surface area contributed by atoms with Crippen LogP contribution < -0.4 is 9.80 Å². The van der Waals surface area contributed by atoms with Crippen LogP contribution in [0.25, 0.3) is 10.2 Å². The van der Waals surface area contributed by atoms with Gasteiger partial charge >= 0.3 is 0 Å². The average Bonchev–Trinajstić information content (AvgIpc) is 3.39. The average molecular weight is 486 g/mol. The van der Waals surface area contributed by atoms with Crippen molar-refractivity contribution in [2.24, 2.45) is 0 Å². The molecule has 0 spiro atoms. The van der Waals surface area contributed by atoms with E-state index in [1.807, 2.05) is 35.2 Å². The van der Waals surface area contributed by atoms with Crippen LogP contribution in [0, 0.1) is 0 Å². The Morgan fingerprint density at radius 2 is 1.71 bits per heavy atom. The first-order chi connectivity index (χ1) is 16.6. The Bertz CT molecular complexity index is 1440. The zero-order chi connectivity index (χ0) is 23.2. The van der Waals surface area contributed by atoms with Crippen molar-refractivity contribution in [3.63, 3.8) is 0 Å². The lowest BCUT2D eigenvalue weighted by atomic mass is 10.0. The monoisotopic (exact) mass is 485 g/mol. The van der Waals surface area contributed by atoms with E-state index < -0.39 is 0 Å². The van der Waals surface area contributed by atoms with Crippen LogP contribution in [-0.4, -0.2) is 35.0 Å². The van der Waals surface area contributed by atoms with Gasteiger partial charge in [0, 0.05) is 12.2 Å². The fourth-order valence-electron chi connectivity index (χ4n) is 4.51. The molecule has 0 saturated heterocycles. The van der Waals surface area contributed by atoms with Gasteiger partial charge in [0.05, 0.1) is 32.8 Å². The van der Waals surface area contributed by atoms with Crippen molar-refractivity contribution in [1.29, 1.82) is 0 Å². The first-order valence-corrected chi connectivity index (χ1v) is 12.8. The molecule has 0 unspecified atom stereocenters. The van der Waals surface area contributed by atoms with Gasteiger partial charge in [-0.05, 0) is 54.8 Å². The van der Waals surface area contributed by atoms with Gasteiger partial charge in [-0.25, -0.2) is 9.88 Å². The lowest BCUT2D eigenvalue weighted by Gasteiger charge is -2.29. The zero-order valence-corrected chi connectivity index (χ0v) is 19.7. The van der Waals surface area contributed by atoms with E-state index in [9.17, 15) is 14.4 Å². The molecule has 0 aliphatic carbocycles. The van der Waals surface area contributed by atoms with E-state index in [4.69, 9.17) is 0 Å². The van der Waals surface area contributed by atoms with Crippen LogP contribution in [0.1, 0.15) is 32.7 Å². The third-order valence-corrected chi connectivity index (χ3v) is 8.28. The summed E-state index contributed by atoms with van der Waals surface area (Å²) in [6.07, 6.45) is 1.97. The molecule has 3 aromatic carbocycles. The van der Waals surface area contributed by atoms with Crippen LogP contribution in [0.3, 0.4) is 0 Å². The van der Waals surface area contributed by atoms with E-state index in [1.165, 1.54) is 33.6 Å². The van der Waals surface area contributed by atoms with Gasteiger partial charge in [-0.3, -0.25) is 14.4 Å². The number of fused-ring (bicyclic) bond motifs is 3. The number of thioether (sulfide) groups is 1. The van der Waals surface area contributed by atoms with Crippen molar-refractivity contribution < 1.29 is 14.4 Å². The number of anilines is 2. The third-order valence-electron chi connectivity index (χ3n) is 6.14. The number of aromatic nitrogens is 1. The number of hydrogen-bond acceptors (Lipinski definition) is 6. The minimum Gasteiger partial charge on any atom is -0.311 e. The van der Waals surface area contributed by atoms with Gasteiger partial charge < -0.3 is 4.90 Å². The second-order valence-electron chi connectivity index (χ2n) is 8.19. The summed E-state index contributed by atoms with van der Waals surface area (Å²) in [5, 5.41) is 0. The molecule has 168 valence electrons. The number of thiazole rings is 1. The number of rotatable bonds is 4. The highest BCUT2D eigenvalue weighted by molar-refractivity contribution is 8.01. The van der Waals surface area contributed by atoms with Gasteiger partial charge in [0.1, 0.15) is 0 Å². The van der Waals surface area contributed by atoms with Crippen LogP contribution in [0.2, 0.25) is 0 Å². The number of amides is 3. The normalized spacial score (nSPS) is 15.1. The molecular weight excluding hydrogens is 466 g/mol. The second kappa shape index (κ2) is 8.38. The lowest BCUT2D eigenvalue weighted by molar-refractivity contribution is -0.116. The van der Waals surface area contributed by atoms with E-state index in [0.717, 1.165) is 39.6 Å². The Kier molecular flexibility index (Phi) is 5.19. The molecule has 0 radical (unpaired) electrons. The first-order valence-electron chi connectivity index (χ1n) is 11.0. The summed E-state index contributed by atoms with van der Waals surface area (Å²) in [4.78, 5) is 46.3. The van der Waals surface area contributed by atoms with Crippen LogP contribution in [0.5, 0.6) is 0 Å². The number of para-hydroxylation sites is 1. The molecule has 34 heavy (non-hydrogen) atoms. The van der Waals surface area contributed by atoms with E-state index in [1.54, 1.807) is 30.3 Å². The molecule has 6 nitrogen and oxygen atoms in total. The Balaban J connectivity index is 1.20. The topological polar surface area (TPSA) is 70.6 Å². The van der Waals surface area contributed by atoms with E-state index in [0.29, 0.717) is 22.6 Å². The summed E-state index contributed by atoms with van der Waals surface area (Å²) < 4.78 is 1.65.